The van der Waals surface area contributed by atoms with E-state index in [2.05, 4.69) is 21.7 Å². The van der Waals surface area contributed by atoms with Crippen LogP contribution in [0.1, 0.15) is 62.9 Å². The number of nitriles is 1. The van der Waals surface area contributed by atoms with E-state index in [1.165, 1.54) is 0 Å². The minimum Gasteiger partial charge on any atom is -0.495 e. The van der Waals surface area contributed by atoms with Gasteiger partial charge in [-0.2, -0.15) is 10.2 Å². The van der Waals surface area contributed by atoms with E-state index in [4.69, 9.17) is 9.72 Å². The van der Waals surface area contributed by atoms with Crippen LogP contribution in [0.15, 0.2) is 54.9 Å². The van der Waals surface area contributed by atoms with E-state index < -0.39 is 0 Å². The molecule has 4 heterocycles. The average molecular weight is 590 g/mol. The van der Waals surface area contributed by atoms with E-state index in [1.807, 2.05) is 55.8 Å². The van der Waals surface area contributed by atoms with Crippen molar-refractivity contribution in [2.75, 3.05) is 30.8 Å². The zero-order valence-electron chi connectivity index (χ0n) is 25.4. The Labute approximate surface area is 256 Å². The number of nitrogens with zero attached hydrogens (tertiary/aromatic N) is 5. The predicted molar refractivity (Wildman–Crippen MR) is 168 cm³/mol. The molecule has 2 N–H and O–H groups in total. The van der Waals surface area contributed by atoms with Crippen molar-refractivity contribution in [2.45, 2.75) is 46.5 Å². The monoisotopic (exact) mass is 589 g/mol. The number of rotatable bonds is 6. The Hall–Kier alpha value is -5.17. The Morgan fingerprint density at radius 1 is 1.07 bits per heavy atom. The van der Waals surface area contributed by atoms with Gasteiger partial charge in [-0.25, -0.2) is 4.98 Å². The molecule has 2 aliphatic heterocycles. The zero-order valence-corrected chi connectivity index (χ0v) is 25.4. The summed E-state index contributed by atoms with van der Waals surface area (Å²) < 4.78 is 7.59. The first-order valence-corrected chi connectivity index (χ1v) is 14.8. The van der Waals surface area contributed by atoms with Crippen molar-refractivity contribution in [3.63, 3.8) is 0 Å². The Bertz CT molecular complexity index is 1790. The van der Waals surface area contributed by atoms with Gasteiger partial charge < -0.3 is 24.8 Å². The SMILES string of the molecule is COc1cc(C(=O)N2CCC(C)(C#N)CC2)ccc1Nc1ncc2c(n1)-n1ccc(C(=O)Nc3c(C)cccc3C)c1CC2. The molecule has 0 atom stereocenters. The minimum atomic E-state index is -0.382. The summed E-state index contributed by atoms with van der Waals surface area (Å²) in [4.78, 5) is 37.7. The van der Waals surface area contributed by atoms with Crippen molar-refractivity contribution >= 4 is 29.1 Å². The van der Waals surface area contributed by atoms with Gasteiger partial charge >= 0.3 is 0 Å². The molecule has 6 rings (SSSR count). The van der Waals surface area contributed by atoms with Crippen molar-refractivity contribution < 1.29 is 14.3 Å². The smallest absolute Gasteiger partial charge is 0.257 e. The van der Waals surface area contributed by atoms with Gasteiger partial charge in [0.1, 0.15) is 11.6 Å². The number of hydrogen-bond donors (Lipinski definition) is 2. The number of aryl methyl sites for hydroxylation is 3. The first-order chi connectivity index (χ1) is 21.2. The summed E-state index contributed by atoms with van der Waals surface area (Å²) in [7, 11) is 1.55. The molecule has 44 heavy (non-hydrogen) atoms. The molecule has 224 valence electrons. The molecular formula is C34H35N7O3. The van der Waals surface area contributed by atoms with Gasteiger partial charge in [-0.1, -0.05) is 18.2 Å². The number of anilines is 3. The highest BCUT2D eigenvalue weighted by molar-refractivity contribution is 6.06. The van der Waals surface area contributed by atoms with Crippen molar-refractivity contribution in [1.29, 1.82) is 5.26 Å². The Morgan fingerprint density at radius 3 is 2.52 bits per heavy atom. The van der Waals surface area contributed by atoms with Crippen molar-refractivity contribution in [2.24, 2.45) is 5.41 Å². The molecule has 0 bridgehead atoms. The highest BCUT2D eigenvalue weighted by atomic mass is 16.5. The van der Waals surface area contributed by atoms with Crippen LogP contribution in [0.2, 0.25) is 0 Å². The predicted octanol–water partition coefficient (Wildman–Crippen LogP) is 5.75. The first kappa shape index (κ1) is 28.9. The maximum absolute atomic E-state index is 13.3. The minimum absolute atomic E-state index is 0.0857. The molecule has 0 unspecified atom stereocenters. The van der Waals surface area contributed by atoms with Crippen LogP contribution < -0.4 is 15.4 Å². The molecule has 10 heteroatoms. The molecule has 2 amide bonds. The van der Waals surface area contributed by atoms with Crippen LogP contribution in [0.4, 0.5) is 17.3 Å². The molecule has 0 saturated carbocycles. The summed E-state index contributed by atoms with van der Waals surface area (Å²) in [6.45, 7) is 7.01. The number of fused-ring (bicyclic) bond motifs is 3. The number of nitrogens with one attached hydrogen (secondary N) is 2. The molecule has 1 saturated heterocycles. The third kappa shape index (κ3) is 5.37. The van der Waals surface area contributed by atoms with Gasteiger partial charge in [-0.15, -0.1) is 0 Å². The Morgan fingerprint density at radius 2 is 1.82 bits per heavy atom. The lowest BCUT2D eigenvalue weighted by Gasteiger charge is -2.35. The number of benzene rings is 2. The largest absolute Gasteiger partial charge is 0.495 e. The lowest BCUT2D eigenvalue weighted by atomic mass is 9.82. The summed E-state index contributed by atoms with van der Waals surface area (Å²) in [6, 6.07) is 15.4. The van der Waals surface area contributed by atoms with Crippen LogP contribution >= 0.6 is 0 Å². The summed E-state index contributed by atoms with van der Waals surface area (Å²) in [6.07, 6.45) is 6.41. The molecule has 0 spiro atoms. The molecular weight excluding hydrogens is 554 g/mol. The van der Waals surface area contributed by atoms with E-state index in [1.54, 1.807) is 36.4 Å². The third-order valence-corrected chi connectivity index (χ3v) is 8.78. The van der Waals surface area contributed by atoms with Crippen LogP contribution in [-0.2, 0) is 12.8 Å². The number of ether oxygens (including phenoxy) is 1. The summed E-state index contributed by atoms with van der Waals surface area (Å²) in [5.41, 5.74) is 6.14. The third-order valence-electron chi connectivity index (χ3n) is 8.78. The van der Waals surface area contributed by atoms with Gasteiger partial charge in [0.05, 0.1) is 29.8 Å². The number of carbonyl (C=O) groups excluding carboxylic acids is 2. The topological polar surface area (TPSA) is 125 Å². The maximum atomic E-state index is 13.3. The fourth-order valence-electron chi connectivity index (χ4n) is 5.96. The van der Waals surface area contributed by atoms with Gasteiger partial charge in [-0.05, 0) is 81.8 Å². The maximum Gasteiger partial charge on any atom is 0.257 e. The van der Waals surface area contributed by atoms with Crippen molar-refractivity contribution in [3.05, 3.63) is 88.4 Å². The first-order valence-electron chi connectivity index (χ1n) is 14.8. The van der Waals surface area contributed by atoms with E-state index >= 15 is 0 Å². The van der Waals surface area contributed by atoms with Crippen LogP contribution in [0.3, 0.4) is 0 Å². The summed E-state index contributed by atoms with van der Waals surface area (Å²) in [5, 5.41) is 15.8. The molecule has 2 aliphatic rings. The molecule has 2 aromatic carbocycles. The van der Waals surface area contributed by atoms with Crippen LogP contribution in [0.25, 0.3) is 5.82 Å². The van der Waals surface area contributed by atoms with E-state index in [-0.39, 0.29) is 17.2 Å². The van der Waals surface area contributed by atoms with Gasteiger partial charge in [0.2, 0.25) is 5.95 Å². The number of hydrogen-bond acceptors (Lipinski definition) is 7. The summed E-state index contributed by atoms with van der Waals surface area (Å²) in [5.74, 6) is 1.35. The fraction of sp³-hybridized carbons (Fsp3) is 0.324. The number of likely N-dealkylation sites (tertiary alicyclic amines) is 1. The Kier molecular flexibility index (Phi) is 7.55. The molecule has 0 radical (unpaired) electrons. The molecule has 2 aromatic heterocycles. The normalized spacial score (nSPS) is 15.0. The molecule has 10 nitrogen and oxygen atoms in total. The quantitative estimate of drug-likeness (QED) is 0.293. The lowest BCUT2D eigenvalue weighted by molar-refractivity contribution is 0.0661. The van der Waals surface area contributed by atoms with Crippen molar-refractivity contribution in [3.8, 4) is 17.6 Å². The second-order valence-corrected chi connectivity index (χ2v) is 11.8. The van der Waals surface area contributed by atoms with E-state index in [0.29, 0.717) is 67.3 Å². The average Bonchev–Trinajstić information content (AvgIpc) is 3.48. The summed E-state index contributed by atoms with van der Waals surface area (Å²) >= 11 is 0. The van der Waals surface area contributed by atoms with Gasteiger partial charge in [-0.3, -0.25) is 9.59 Å². The van der Waals surface area contributed by atoms with Gasteiger partial charge in [0.15, 0.2) is 0 Å². The zero-order chi connectivity index (χ0) is 31.0. The van der Waals surface area contributed by atoms with Crippen molar-refractivity contribution in [1.82, 2.24) is 19.4 Å². The second kappa shape index (κ2) is 11.5. The molecule has 1 fully saturated rings. The molecule has 0 aliphatic carbocycles. The van der Waals surface area contributed by atoms with Crippen LogP contribution in [0.5, 0.6) is 5.75 Å². The highest BCUT2D eigenvalue weighted by Crippen LogP contribution is 2.33. The Balaban J connectivity index is 1.21. The van der Waals surface area contributed by atoms with Gasteiger partial charge in [0, 0.05) is 48.0 Å². The number of aromatic nitrogens is 3. The number of piperidine rings is 1. The number of carbonyl (C=O) groups is 2. The van der Waals surface area contributed by atoms with Crippen LogP contribution in [0, 0.1) is 30.6 Å². The fourth-order valence-corrected chi connectivity index (χ4v) is 5.96. The second-order valence-electron chi connectivity index (χ2n) is 11.8. The van der Waals surface area contributed by atoms with E-state index in [9.17, 15) is 14.9 Å². The number of para-hydroxylation sites is 1. The number of methoxy groups -OCH3 is 1. The highest BCUT2D eigenvalue weighted by Gasteiger charge is 2.32. The molecule has 4 aromatic rings. The van der Waals surface area contributed by atoms with Crippen LogP contribution in [-0.4, -0.2) is 51.4 Å². The number of amides is 2. The van der Waals surface area contributed by atoms with E-state index in [0.717, 1.165) is 33.9 Å². The van der Waals surface area contributed by atoms with Gasteiger partial charge in [0.25, 0.3) is 11.8 Å². The lowest BCUT2D eigenvalue weighted by Crippen LogP contribution is -2.41. The standard InChI is InChI=1S/C34H35N7O3/c1-21-6-5-7-22(2)29(21)38-31(42)25-12-15-41-27(25)11-9-24-19-36-33(39-30(24)41)37-26-10-8-23(18-28(26)44-4)32(43)40-16-13-34(3,20-35)14-17-40/h5-8,10,12,15,18-19H,9,11,13-14,16-17H2,1-4H3,(H,38,42)(H,36,37,39).